The molecule has 1 aliphatic rings. The van der Waals surface area contributed by atoms with Gasteiger partial charge in [0.1, 0.15) is 0 Å². The molecule has 1 aliphatic carbocycles. The molecule has 30 heavy (non-hydrogen) atoms. The fourth-order valence-corrected chi connectivity index (χ4v) is 4.01. The standard InChI is InChI=1S/C29H31N/c1-23-8-18-28(19-9-23)30(2)29-20-16-25(17-21-29)11-10-24-12-14-27(15-13-24)22-26-6-4-3-5-7-26/h8-22H,3-7H2,1-2H3/b11-10+. The first-order chi connectivity index (χ1) is 14.7. The molecule has 0 saturated heterocycles. The molecule has 0 aliphatic heterocycles. The third-order valence-electron chi connectivity index (χ3n) is 5.97. The Morgan fingerprint density at radius 1 is 0.600 bits per heavy atom. The summed E-state index contributed by atoms with van der Waals surface area (Å²) in [7, 11) is 2.11. The van der Waals surface area contributed by atoms with Gasteiger partial charge in [0.05, 0.1) is 0 Å². The zero-order valence-electron chi connectivity index (χ0n) is 18.1. The van der Waals surface area contributed by atoms with Crippen molar-refractivity contribution in [3.8, 4) is 0 Å². The van der Waals surface area contributed by atoms with Crippen LogP contribution in [0.2, 0.25) is 0 Å². The summed E-state index contributed by atoms with van der Waals surface area (Å²) in [6, 6.07) is 26.3. The molecule has 0 radical (unpaired) electrons. The van der Waals surface area contributed by atoms with E-state index < -0.39 is 0 Å². The molecule has 0 atom stereocenters. The summed E-state index contributed by atoms with van der Waals surface area (Å²) in [4.78, 5) is 2.21. The smallest absolute Gasteiger partial charge is 0.0408 e. The highest BCUT2D eigenvalue weighted by atomic mass is 15.1. The van der Waals surface area contributed by atoms with E-state index in [0.717, 1.165) is 0 Å². The third kappa shape index (κ3) is 5.30. The van der Waals surface area contributed by atoms with Crippen LogP contribution in [0.15, 0.2) is 78.4 Å². The molecule has 152 valence electrons. The predicted molar refractivity (Wildman–Crippen MR) is 132 cm³/mol. The molecule has 0 amide bonds. The van der Waals surface area contributed by atoms with Crippen LogP contribution in [-0.2, 0) is 0 Å². The van der Waals surface area contributed by atoms with Gasteiger partial charge in [0, 0.05) is 18.4 Å². The van der Waals surface area contributed by atoms with E-state index in [0.29, 0.717) is 0 Å². The highest BCUT2D eigenvalue weighted by Crippen LogP contribution is 2.26. The lowest BCUT2D eigenvalue weighted by Crippen LogP contribution is -2.08. The largest absolute Gasteiger partial charge is 0.345 e. The van der Waals surface area contributed by atoms with Gasteiger partial charge in [-0.3, -0.25) is 0 Å². The summed E-state index contributed by atoms with van der Waals surface area (Å²) in [5.41, 5.74) is 9.06. The molecule has 0 aromatic heterocycles. The predicted octanol–water partition coefficient (Wildman–Crippen LogP) is 8.28. The Balaban J connectivity index is 1.39. The average molecular weight is 394 g/mol. The number of nitrogens with zero attached hydrogens (tertiary/aromatic N) is 1. The summed E-state index contributed by atoms with van der Waals surface area (Å²) in [5.74, 6) is 0. The Morgan fingerprint density at radius 2 is 1.07 bits per heavy atom. The van der Waals surface area contributed by atoms with Crippen LogP contribution in [-0.4, -0.2) is 7.05 Å². The second-order valence-electron chi connectivity index (χ2n) is 8.35. The maximum Gasteiger partial charge on any atom is 0.0408 e. The fourth-order valence-electron chi connectivity index (χ4n) is 4.01. The lowest BCUT2D eigenvalue weighted by molar-refractivity contribution is 0.602. The number of aryl methyl sites for hydroxylation is 1. The molecule has 0 spiro atoms. The first kappa shape index (κ1) is 20.2. The zero-order chi connectivity index (χ0) is 20.8. The SMILES string of the molecule is Cc1ccc(N(C)c2ccc(/C=C/c3ccc(C=C4CCCCC4)cc3)cc2)cc1. The van der Waals surface area contributed by atoms with Crippen LogP contribution in [0.1, 0.15) is 54.4 Å². The number of rotatable bonds is 5. The van der Waals surface area contributed by atoms with E-state index in [2.05, 4.69) is 110 Å². The molecular formula is C29H31N. The average Bonchev–Trinajstić information content (AvgIpc) is 2.80. The summed E-state index contributed by atoms with van der Waals surface area (Å²) in [5, 5.41) is 0. The summed E-state index contributed by atoms with van der Waals surface area (Å²) >= 11 is 0. The Bertz CT molecular complexity index is 997. The normalized spacial score (nSPS) is 14.1. The molecule has 0 N–H and O–H groups in total. The fraction of sp³-hybridized carbons (Fsp3) is 0.241. The van der Waals surface area contributed by atoms with E-state index in [4.69, 9.17) is 0 Å². The van der Waals surface area contributed by atoms with Crippen molar-refractivity contribution in [1.82, 2.24) is 0 Å². The van der Waals surface area contributed by atoms with E-state index in [1.807, 2.05) is 0 Å². The van der Waals surface area contributed by atoms with Gasteiger partial charge in [0.15, 0.2) is 0 Å². The molecule has 1 saturated carbocycles. The summed E-state index contributed by atoms with van der Waals surface area (Å²) < 4.78 is 0. The number of anilines is 2. The van der Waals surface area contributed by atoms with E-state index >= 15 is 0 Å². The van der Waals surface area contributed by atoms with Crippen molar-refractivity contribution < 1.29 is 0 Å². The maximum absolute atomic E-state index is 2.38. The van der Waals surface area contributed by atoms with Crippen molar-refractivity contribution in [2.75, 3.05) is 11.9 Å². The molecule has 0 heterocycles. The van der Waals surface area contributed by atoms with Crippen LogP contribution in [0.3, 0.4) is 0 Å². The van der Waals surface area contributed by atoms with Gasteiger partial charge in [-0.2, -0.15) is 0 Å². The van der Waals surface area contributed by atoms with Crippen LogP contribution in [0.4, 0.5) is 11.4 Å². The van der Waals surface area contributed by atoms with Crippen LogP contribution in [0, 0.1) is 6.92 Å². The Kier molecular flexibility index (Phi) is 6.49. The lowest BCUT2D eigenvalue weighted by atomic mass is 9.93. The van der Waals surface area contributed by atoms with Crippen molar-refractivity contribution in [3.63, 3.8) is 0 Å². The van der Waals surface area contributed by atoms with E-state index in [-0.39, 0.29) is 0 Å². The van der Waals surface area contributed by atoms with Crippen molar-refractivity contribution in [1.29, 1.82) is 0 Å². The van der Waals surface area contributed by atoms with Gasteiger partial charge in [-0.15, -0.1) is 0 Å². The molecule has 0 unspecified atom stereocenters. The molecule has 1 heteroatoms. The highest BCUT2D eigenvalue weighted by molar-refractivity contribution is 5.72. The Morgan fingerprint density at radius 3 is 1.63 bits per heavy atom. The van der Waals surface area contributed by atoms with E-state index in [1.165, 1.54) is 65.7 Å². The van der Waals surface area contributed by atoms with Crippen molar-refractivity contribution in [2.24, 2.45) is 0 Å². The first-order valence-corrected chi connectivity index (χ1v) is 11.1. The number of benzene rings is 3. The van der Waals surface area contributed by atoms with E-state index in [9.17, 15) is 0 Å². The summed E-state index contributed by atoms with van der Waals surface area (Å²) in [6.45, 7) is 2.12. The van der Waals surface area contributed by atoms with Gasteiger partial charge < -0.3 is 4.90 Å². The third-order valence-corrected chi connectivity index (χ3v) is 5.97. The monoisotopic (exact) mass is 393 g/mol. The minimum atomic E-state index is 1.19. The highest BCUT2D eigenvalue weighted by Gasteiger charge is 2.05. The van der Waals surface area contributed by atoms with Gasteiger partial charge in [-0.05, 0) is 73.6 Å². The van der Waals surface area contributed by atoms with Crippen LogP contribution < -0.4 is 4.90 Å². The molecule has 0 bridgehead atoms. The Labute approximate surface area is 181 Å². The maximum atomic E-state index is 2.38. The topological polar surface area (TPSA) is 3.24 Å². The quantitative estimate of drug-likeness (QED) is 0.394. The first-order valence-electron chi connectivity index (χ1n) is 11.1. The molecule has 4 rings (SSSR count). The van der Waals surface area contributed by atoms with Gasteiger partial charge >= 0.3 is 0 Å². The molecule has 3 aromatic rings. The Hall–Kier alpha value is -3.06. The molecule has 1 fully saturated rings. The van der Waals surface area contributed by atoms with Crippen molar-refractivity contribution in [3.05, 3.63) is 101 Å². The minimum absolute atomic E-state index is 1.19. The van der Waals surface area contributed by atoms with Gasteiger partial charge in [0.2, 0.25) is 0 Å². The van der Waals surface area contributed by atoms with Crippen molar-refractivity contribution in [2.45, 2.75) is 39.0 Å². The minimum Gasteiger partial charge on any atom is -0.345 e. The van der Waals surface area contributed by atoms with Crippen LogP contribution >= 0.6 is 0 Å². The lowest BCUT2D eigenvalue weighted by Gasteiger charge is -2.19. The van der Waals surface area contributed by atoms with Gasteiger partial charge in [-0.1, -0.05) is 84.3 Å². The van der Waals surface area contributed by atoms with Crippen LogP contribution in [0.25, 0.3) is 18.2 Å². The van der Waals surface area contributed by atoms with E-state index in [1.54, 1.807) is 5.57 Å². The number of allylic oxidation sites excluding steroid dienone is 1. The number of hydrogen-bond acceptors (Lipinski definition) is 1. The molecule has 1 nitrogen and oxygen atoms in total. The number of hydrogen-bond donors (Lipinski definition) is 0. The summed E-state index contributed by atoms with van der Waals surface area (Å²) in [6.07, 6.45) is 13.4. The molecular weight excluding hydrogens is 362 g/mol. The second kappa shape index (κ2) is 9.63. The van der Waals surface area contributed by atoms with Gasteiger partial charge in [-0.25, -0.2) is 0 Å². The molecule has 3 aromatic carbocycles. The van der Waals surface area contributed by atoms with Crippen molar-refractivity contribution >= 4 is 29.6 Å². The zero-order valence-corrected chi connectivity index (χ0v) is 18.1. The van der Waals surface area contributed by atoms with Crippen LogP contribution in [0.5, 0.6) is 0 Å². The second-order valence-corrected chi connectivity index (χ2v) is 8.35. The van der Waals surface area contributed by atoms with Gasteiger partial charge in [0.25, 0.3) is 0 Å².